The van der Waals surface area contributed by atoms with E-state index in [0.717, 1.165) is 23.8 Å². The van der Waals surface area contributed by atoms with E-state index in [1.165, 1.54) is 10.7 Å². The van der Waals surface area contributed by atoms with Gasteiger partial charge in [0.1, 0.15) is 17.2 Å². The first-order valence-electron chi connectivity index (χ1n) is 13.7. The maximum atomic E-state index is 14.6. The highest BCUT2D eigenvalue weighted by molar-refractivity contribution is 5.69. The molecule has 42 heavy (non-hydrogen) atoms. The molecule has 4 rings (SSSR count). The second kappa shape index (κ2) is 12.2. The Kier molecular flexibility index (Phi) is 9.03. The minimum absolute atomic E-state index is 0.0535. The lowest BCUT2D eigenvalue weighted by atomic mass is 10.0. The molecule has 2 aromatic carbocycles. The Balaban J connectivity index is 1.56. The summed E-state index contributed by atoms with van der Waals surface area (Å²) >= 11 is 0. The zero-order chi connectivity index (χ0) is 30.8. The van der Waals surface area contributed by atoms with Gasteiger partial charge in [-0.1, -0.05) is 18.2 Å². The molecule has 0 saturated carbocycles. The zero-order valence-electron chi connectivity index (χ0n) is 24.4. The summed E-state index contributed by atoms with van der Waals surface area (Å²) in [5, 5.41) is 7.16. The highest BCUT2D eigenvalue weighted by Crippen LogP contribution is 2.34. The van der Waals surface area contributed by atoms with Crippen molar-refractivity contribution < 1.29 is 31.5 Å². The molecule has 1 saturated heterocycles. The number of carbonyl (C=O) groups is 1. The van der Waals surface area contributed by atoms with E-state index in [0.29, 0.717) is 37.2 Å². The van der Waals surface area contributed by atoms with Gasteiger partial charge in [-0.2, -0.15) is 18.3 Å². The predicted molar refractivity (Wildman–Crippen MR) is 150 cm³/mol. The lowest BCUT2D eigenvalue weighted by molar-refractivity contribution is -0.138. The molecule has 0 spiro atoms. The molecular formula is C30H36F5N5O2. The van der Waals surface area contributed by atoms with Gasteiger partial charge >= 0.3 is 12.3 Å². The number of hydrogen-bond acceptors (Lipinski definition) is 5. The Morgan fingerprint density at radius 1 is 1.07 bits per heavy atom. The van der Waals surface area contributed by atoms with Crippen molar-refractivity contribution in [2.45, 2.75) is 71.4 Å². The molecule has 1 amide bonds. The summed E-state index contributed by atoms with van der Waals surface area (Å²) in [6.45, 7) is 7.75. The smallest absolute Gasteiger partial charge is 0.416 e. The number of piperidine rings is 1. The molecule has 2 heterocycles. The number of amides is 1. The summed E-state index contributed by atoms with van der Waals surface area (Å²) in [6, 6.07) is 7.53. The number of aryl methyl sites for hydroxylation is 2. The number of alkyl halides is 3. The molecule has 1 N–H and O–H groups in total. The average Bonchev–Trinajstić information content (AvgIpc) is 3.24. The van der Waals surface area contributed by atoms with E-state index in [-0.39, 0.29) is 24.2 Å². The molecule has 1 aliphatic heterocycles. The monoisotopic (exact) mass is 593 g/mol. The summed E-state index contributed by atoms with van der Waals surface area (Å²) in [6.07, 6.45) is -2.54. The Hall–Kier alpha value is -3.83. The second-order valence-corrected chi connectivity index (χ2v) is 11.5. The third-order valence-electron chi connectivity index (χ3n) is 7.14. The van der Waals surface area contributed by atoms with Crippen molar-refractivity contribution in [3.05, 3.63) is 76.5 Å². The van der Waals surface area contributed by atoms with Gasteiger partial charge in [0.25, 0.3) is 0 Å². The Morgan fingerprint density at radius 3 is 2.33 bits per heavy atom. The van der Waals surface area contributed by atoms with Crippen LogP contribution in [0.2, 0.25) is 0 Å². The van der Waals surface area contributed by atoms with Gasteiger partial charge in [-0.25, -0.2) is 13.6 Å². The number of hydrogen-bond donors (Lipinski definition) is 1. The number of para-hydroxylation sites is 1. The van der Waals surface area contributed by atoms with Crippen LogP contribution >= 0.6 is 0 Å². The molecule has 0 atom stereocenters. The fourth-order valence-corrected chi connectivity index (χ4v) is 5.25. The molecule has 3 aromatic rings. The summed E-state index contributed by atoms with van der Waals surface area (Å²) < 4.78 is 76.8. The van der Waals surface area contributed by atoms with Gasteiger partial charge < -0.3 is 19.9 Å². The summed E-state index contributed by atoms with van der Waals surface area (Å²) in [7, 11) is 1.64. The van der Waals surface area contributed by atoms with Crippen molar-refractivity contribution in [3.8, 4) is 0 Å². The second-order valence-electron chi connectivity index (χ2n) is 11.5. The molecule has 228 valence electrons. The lowest BCUT2D eigenvalue weighted by Crippen LogP contribution is -2.48. The highest BCUT2D eigenvalue weighted by Gasteiger charge is 2.35. The van der Waals surface area contributed by atoms with Gasteiger partial charge in [0.05, 0.1) is 17.8 Å². The first kappa shape index (κ1) is 31.1. The standard InChI is InChI=1S/C30H36F5N5O2/c1-19-8-6-11-25(32)26(19)39-14-12-21(13-15-39)40(28(41)42-29(2,3)4)18-20-17-38(5)37-27(20)36-16-22-23(30(33,34)35)9-7-10-24(22)31/h6-11,17,21H,12-16,18H2,1-5H3,(H,36,37). The molecule has 1 aromatic heterocycles. The molecule has 1 fully saturated rings. The van der Waals surface area contributed by atoms with Crippen molar-refractivity contribution in [3.63, 3.8) is 0 Å². The maximum absolute atomic E-state index is 14.6. The largest absolute Gasteiger partial charge is 0.444 e. The SMILES string of the molecule is Cc1cccc(F)c1N1CCC(N(Cc2cn(C)nc2NCc2c(F)cccc2C(F)(F)F)C(=O)OC(C)(C)C)CC1. The number of halogens is 5. The van der Waals surface area contributed by atoms with E-state index in [1.807, 2.05) is 17.9 Å². The number of rotatable bonds is 7. The maximum Gasteiger partial charge on any atom is 0.416 e. The minimum Gasteiger partial charge on any atom is -0.444 e. The number of carbonyl (C=O) groups excluding carboxylic acids is 1. The molecule has 7 nitrogen and oxygen atoms in total. The molecule has 0 bridgehead atoms. The normalized spacial score (nSPS) is 14.7. The van der Waals surface area contributed by atoms with Gasteiger partial charge in [0.2, 0.25) is 0 Å². The van der Waals surface area contributed by atoms with E-state index in [9.17, 15) is 26.7 Å². The van der Waals surface area contributed by atoms with Crippen LogP contribution in [-0.2, 0) is 31.1 Å². The summed E-state index contributed by atoms with van der Waals surface area (Å²) in [5.74, 6) is -1.06. The molecular weight excluding hydrogens is 557 g/mol. The van der Waals surface area contributed by atoms with Crippen molar-refractivity contribution in [2.24, 2.45) is 7.05 Å². The van der Waals surface area contributed by atoms with Crippen LogP contribution in [0.5, 0.6) is 0 Å². The van der Waals surface area contributed by atoms with Crippen molar-refractivity contribution in [1.82, 2.24) is 14.7 Å². The van der Waals surface area contributed by atoms with E-state index in [4.69, 9.17) is 4.74 Å². The zero-order valence-corrected chi connectivity index (χ0v) is 24.4. The first-order chi connectivity index (χ1) is 19.6. The van der Waals surface area contributed by atoms with Crippen LogP contribution in [0.4, 0.5) is 38.3 Å². The number of ether oxygens (including phenoxy) is 1. The van der Waals surface area contributed by atoms with E-state index in [1.54, 1.807) is 45.0 Å². The molecule has 0 aliphatic carbocycles. The third kappa shape index (κ3) is 7.32. The van der Waals surface area contributed by atoms with Crippen LogP contribution in [0.3, 0.4) is 0 Å². The molecule has 12 heteroatoms. The number of benzene rings is 2. The van der Waals surface area contributed by atoms with Crippen LogP contribution in [0, 0.1) is 18.6 Å². The summed E-state index contributed by atoms with van der Waals surface area (Å²) in [5.41, 5.74) is -0.464. The molecule has 0 radical (unpaired) electrons. The van der Waals surface area contributed by atoms with E-state index in [2.05, 4.69) is 10.4 Å². The highest BCUT2D eigenvalue weighted by atomic mass is 19.4. The van der Waals surface area contributed by atoms with Crippen LogP contribution in [0.15, 0.2) is 42.6 Å². The van der Waals surface area contributed by atoms with Crippen LogP contribution < -0.4 is 10.2 Å². The van der Waals surface area contributed by atoms with Gasteiger partial charge in [-0.05, 0) is 64.3 Å². The van der Waals surface area contributed by atoms with Crippen molar-refractivity contribution in [2.75, 3.05) is 23.3 Å². The lowest BCUT2D eigenvalue weighted by Gasteiger charge is -2.40. The Labute approximate surface area is 242 Å². The first-order valence-corrected chi connectivity index (χ1v) is 13.7. The fraction of sp³-hybridized carbons (Fsp3) is 0.467. The molecule has 0 unspecified atom stereocenters. The minimum atomic E-state index is -4.73. The Bertz CT molecular complexity index is 1390. The van der Waals surface area contributed by atoms with Gasteiger partial charge in [-0.3, -0.25) is 4.68 Å². The fourth-order valence-electron chi connectivity index (χ4n) is 5.25. The van der Waals surface area contributed by atoms with Gasteiger partial charge in [-0.15, -0.1) is 0 Å². The topological polar surface area (TPSA) is 62.6 Å². The summed E-state index contributed by atoms with van der Waals surface area (Å²) in [4.78, 5) is 17.0. The number of aromatic nitrogens is 2. The van der Waals surface area contributed by atoms with Crippen LogP contribution in [0.25, 0.3) is 0 Å². The Morgan fingerprint density at radius 2 is 1.71 bits per heavy atom. The van der Waals surface area contributed by atoms with E-state index >= 15 is 0 Å². The van der Waals surface area contributed by atoms with Crippen molar-refractivity contribution in [1.29, 1.82) is 0 Å². The van der Waals surface area contributed by atoms with Crippen LogP contribution in [-0.4, -0.2) is 45.5 Å². The quantitative estimate of drug-likeness (QED) is 0.298. The van der Waals surface area contributed by atoms with Gasteiger partial charge in [0, 0.05) is 50.0 Å². The average molecular weight is 594 g/mol. The van der Waals surface area contributed by atoms with E-state index < -0.39 is 41.4 Å². The van der Waals surface area contributed by atoms with Crippen molar-refractivity contribution >= 4 is 17.6 Å². The van der Waals surface area contributed by atoms with Crippen LogP contribution in [0.1, 0.15) is 55.9 Å². The predicted octanol–water partition coefficient (Wildman–Crippen LogP) is 7.04. The molecule has 1 aliphatic rings. The number of nitrogens with zero attached hydrogens (tertiary/aromatic N) is 4. The van der Waals surface area contributed by atoms with Gasteiger partial charge in [0.15, 0.2) is 5.82 Å². The number of nitrogens with one attached hydrogen (secondary N) is 1. The third-order valence-corrected chi connectivity index (χ3v) is 7.14. The number of anilines is 2.